The highest BCUT2D eigenvalue weighted by atomic mass is 16.5. The summed E-state index contributed by atoms with van der Waals surface area (Å²) in [7, 11) is 1.64. The first-order chi connectivity index (χ1) is 12.7. The van der Waals surface area contributed by atoms with Gasteiger partial charge in [0.1, 0.15) is 0 Å². The first-order valence-electron chi connectivity index (χ1n) is 9.05. The predicted molar refractivity (Wildman–Crippen MR) is 98.5 cm³/mol. The van der Waals surface area contributed by atoms with Gasteiger partial charge in [0, 0.05) is 46.0 Å². The number of ether oxygens (including phenoxy) is 2. The zero-order valence-electron chi connectivity index (χ0n) is 14.8. The molecule has 1 fully saturated rings. The Kier molecular flexibility index (Phi) is 4.51. The van der Waals surface area contributed by atoms with Gasteiger partial charge in [0.15, 0.2) is 11.5 Å². The molecule has 3 aliphatic rings. The van der Waals surface area contributed by atoms with E-state index in [0.29, 0.717) is 29.2 Å². The normalized spacial score (nSPS) is 19.9. The molecule has 0 atom stereocenters. The number of hydrogen-bond donors (Lipinski definition) is 0. The second kappa shape index (κ2) is 6.96. The Labute approximate surface area is 152 Å². The number of benzene rings is 1. The highest BCUT2D eigenvalue weighted by Gasteiger charge is 2.27. The second-order valence-electron chi connectivity index (χ2n) is 6.79. The van der Waals surface area contributed by atoms with Gasteiger partial charge >= 0.3 is 0 Å². The molecule has 26 heavy (non-hydrogen) atoms. The van der Waals surface area contributed by atoms with Crippen molar-refractivity contribution in [2.45, 2.75) is 38.2 Å². The van der Waals surface area contributed by atoms with Crippen molar-refractivity contribution in [1.29, 1.82) is 0 Å². The number of fused-ring (bicyclic) bond motifs is 1. The fourth-order valence-corrected chi connectivity index (χ4v) is 3.87. The van der Waals surface area contributed by atoms with Crippen molar-refractivity contribution in [3.63, 3.8) is 0 Å². The monoisotopic (exact) mass is 354 g/mol. The maximum atomic E-state index is 12.6. The van der Waals surface area contributed by atoms with E-state index in [-0.39, 0.29) is 6.10 Å². The summed E-state index contributed by atoms with van der Waals surface area (Å²) in [6.45, 7) is 0.350. The van der Waals surface area contributed by atoms with E-state index in [1.165, 1.54) is 25.2 Å². The van der Waals surface area contributed by atoms with Gasteiger partial charge in [-0.25, -0.2) is 0 Å². The average Bonchev–Trinajstić information content (AvgIpc) is 3.16. The maximum absolute atomic E-state index is 12.6. The van der Waals surface area contributed by atoms with E-state index in [1.807, 2.05) is 12.1 Å². The SMILES string of the molecule is COc1ccc2c(c1OC1CCCC1)CCN([O-])C2=C1C=C[N+](=O)C=C1. The average molecular weight is 354 g/mol. The third-order valence-electron chi connectivity index (χ3n) is 5.18. The third kappa shape index (κ3) is 3.01. The smallest absolute Gasteiger partial charge is 0.228 e. The zero-order valence-corrected chi connectivity index (χ0v) is 14.8. The van der Waals surface area contributed by atoms with Crippen molar-refractivity contribution in [3.05, 3.63) is 63.5 Å². The molecule has 1 aromatic rings. The number of nitrogens with zero attached hydrogens (tertiary/aromatic N) is 2. The fourth-order valence-electron chi connectivity index (χ4n) is 3.87. The lowest BCUT2D eigenvalue weighted by molar-refractivity contribution is -0.403. The third-order valence-corrected chi connectivity index (χ3v) is 5.18. The summed E-state index contributed by atoms with van der Waals surface area (Å²) < 4.78 is 12.6. The largest absolute Gasteiger partial charge is 0.758 e. The minimum absolute atomic E-state index is 0.209. The van der Waals surface area contributed by atoms with Crippen LogP contribution in [0.15, 0.2) is 42.3 Å². The van der Waals surface area contributed by atoms with E-state index in [4.69, 9.17) is 9.47 Å². The van der Waals surface area contributed by atoms with Gasteiger partial charge in [-0.1, -0.05) is 0 Å². The summed E-state index contributed by atoms with van der Waals surface area (Å²) in [5.41, 5.74) is 3.16. The van der Waals surface area contributed by atoms with Crippen LogP contribution in [0.1, 0.15) is 36.8 Å². The quantitative estimate of drug-likeness (QED) is 0.770. The van der Waals surface area contributed by atoms with Gasteiger partial charge in [-0.15, -0.1) is 0 Å². The number of rotatable bonds is 3. The van der Waals surface area contributed by atoms with Crippen LogP contribution in [-0.2, 0) is 6.42 Å². The van der Waals surface area contributed by atoms with Crippen LogP contribution in [0.3, 0.4) is 0 Å². The van der Waals surface area contributed by atoms with Crippen molar-refractivity contribution < 1.29 is 14.2 Å². The van der Waals surface area contributed by atoms with Crippen molar-refractivity contribution in [1.82, 2.24) is 5.06 Å². The Morgan fingerprint density at radius 1 is 1.19 bits per heavy atom. The topological polar surface area (TPSA) is 64.8 Å². The molecule has 0 bridgehead atoms. The Bertz CT molecular complexity index is 801. The Morgan fingerprint density at radius 3 is 2.62 bits per heavy atom. The molecule has 0 N–H and O–H groups in total. The predicted octanol–water partition coefficient (Wildman–Crippen LogP) is 3.90. The Hall–Kier alpha value is -2.60. The highest BCUT2D eigenvalue weighted by molar-refractivity contribution is 5.78. The lowest BCUT2D eigenvalue weighted by Crippen LogP contribution is -2.26. The van der Waals surface area contributed by atoms with E-state index in [2.05, 4.69) is 0 Å². The summed E-state index contributed by atoms with van der Waals surface area (Å²) in [5.74, 6) is 1.47. The molecule has 0 amide bonds. The van der Waals surface area contributed by atoms with Gasteiger partial charge in [-0.05, 0) is 44.2 Å². The van der Waals surface area contributed by atoms with E-state index in [9.17, 15) is 10.1 Å². The van der Waals surface area contributed by atoms with Gasteiger partial charge < -0.3 is 19.7 Å². The molecule has 0 spiro atoms. The van der Waals surface area contributed by atoms with Gasteiger partial charge in [-0.3, -0.25) is 0 Å². The van der Waals surface area contributed by atoms with Gasteiger partial charge in [0.25, 0.3) is 0 Å². The fraction of sp³-hybridized carbons (Fsp3) is 0.400. The molecular weight excluding hydrogens is 332 g/mol. The van der Waals surface area contributed by atoms with Gasteiger partial charge in [0.2, 0.25) is 12.4 Å². The minimum atomic E-state index is 0.209. The minimum Gasteiger partial charge on any atom is -0.758 e. The molecule has 4 rings (SSSR count). The molecule has 6 heteroatoms. The van der Waals surface area contributed by atoms with Crippen LogP contribution in [0.5, 0.6) is 11.5 Å². The number of allylic oxidation sites excluding steroid dienone is 3. The highest BCUT2D eigenvalue weighted by Crippen LogP contribution is 2.43. The molecule has 1 aromatic carbocycles. The van der Waals surface area contributed by atoms with Gasteiger partial charge in [0.05, 0.1) is 18.0 Å². The van der Waals surface area contributed by atoms with Crippen LogP contribution in [0.25, 0.3) is 5.70 Å². The maximum Gasteiger partial charge on any atom is 0.228 e. The summed E-state index contributed by atoms with van der Waals surface area (Å²) >= 11 is 0. The molecule has 1 aliphatic carbocycles. The molecule has 1 saturated carbocycles. The van der Waals surface area contributed by atoms with Crippen LogP contribution in [-0.4, -0.2) is 29.6 Å². The number of nitroso groups, excluding NO2 is 1. The molecule has 0 radical (unpaired) electrons. The summed E-state index contributed by atoms with van der Waals surface area (Å²) in [4.78, 5) is 11.3. The molecule has 0 unspecified atom stereocenters. The summed E-state index contributed by atoms with van der Waals surface area (Å²) in [6.07, 6.45) is 11.5. The molecule has 2 aliphatic heterocycles. The zero-order chi connectivity index (χ0) is 18.1. The van der Waals surface area contributed by atoms with Crippen molar-refractivity contribution in [2.75, 3.05) is 13.7 Å². The van der Waals surface area contributed by atoms with Crippen molar-refractivity contribution in [2.24, 2.45) is 0 Å². The van der Waals surface area contributed by atoms with E-state index < -0.39 is 0 Å². The first kappa shape index (κ1) is 16.8. The van der Waals surface area contributed by atoms with E-state index in [1.54, 1.807) is 19.3 Å². The molecule has 6 nitrogen and oxygen atoms in total. The van der Waals surface area contributed by atoms with Crippen LogP contribution in [0.2, 0.25) is 0 Å². The number of hydrogen-bond acceptors (Lipinski definition) is 5. The number of hydroxylamine groups is 2. The first-order valence-corrected chi connectivity index (χ1v) is 9.05. The van der Waals surface area contributed by atoms with Crippen LogP contribution in [0.4, 0.5) is 0 Å². The lowest BCUT2D eigenvalue weighted by Gasteiger charge is -2.40. The van der Waals surface area contributed by atoms with Crippen LogP contribution < -0.4 is 9.47 Å². The summed E-state index contributed by atoms with van der Waals surface area (Å²) in [5, 5.41) is 13.6. The molecule has 2 heterocycles. The Morgan fingerprint density at radius 2 is 1.92 bits per heavy atom. The van der Waals surface area contributed by atoms with E-state index in [0.717, 1.165) is 40.4 Å². The van der Waals surface area contributed by atoms with E-state index >= 15 is 0 Å². The number of methoxy groups -OCH3 is 1. The molecular formula is C20H22N2O4. The molecule has 0 saturated heterocycles. The van der Waals surface area contributed by atoms with Crippen molar-refractivity contribution >= 4 is 5.70 Å². The van der Waals surface area contributed by atoms with Crippen LogP contribution >= 0.6 is 0 Å². The standard InChI is InChI=1S/C20H22N2O4/c1-25-18-7-6-16-17(20(18)26-15-4-2-3-5-15)10-13-22(24)19(16)14-8-11-21(23)12-9-14/h6-9,11-12,15H,2-5,10,13H2,1H3. The summed E-state index contributed by atoms with van der Waals surface area (Å²) in [6, 6.07) is 3.77. The van der Waals surface area contributed by atoms with Gasteiger partial charge in [-0.2, -0.15) is 0 Å². The lowest BCUT2D eigenvalue weighted by atomic mass is 9.93. The van der Waals surface area contributed by atoms with Crippen LogP contribution in [0, 0.1) is 10.1 Å². The second-order valence-corrected chi connectivity index (χ2v) is 6.79. The Balaban J connectivity index is 1.81. The molecule has 136 valence electrons. The van der Waals surface area contributed by atoms with Crippen molar-refractivity contribution in [3.8, 4) is 11.5 Å². The molecule has 0 aromatic heterocycles.